The van der Waals surface area contributed by atoms with Crippen LogP contribution in [0.2, 0.25) is 0 Å². The van der Waals surface area contributed by atoms with Gasteiger partial charge in [0.25, 0.3) is 0 Å². The van der Waals surface area contributed by atoms with Crippen LogP contribution < -0.4 is 10.6 Å². The highest BCUT2D eigenvalue weighted by Crippen LogP contribution is 2.34. The summed E-state index contributed by atoms with van der Waals surface area (Å²) in [6, 6.07) is 8.46. The summed E-state index contributed by atoms with van der Waals surface area (Å²) in [7, 11) is 1.66. The van der Waals surface area contributed by atoms with Crippen molar-refractivity contribution in [2.24, 2.45) is 0 Å². The molecule has 1 amide bonds. The number of nitrogens with one attached hydrogen (secondary N) is 2. The molecule has 0 spiro atoms. The lowest BCUT2D eigenvalue weighted by Gasteiger charge is -2.31. The third kappa shape index (κ3) is 3.31. The fraction of sp³-hybridized carbons (Fsp3) is 0.562. The quantitative estimate of drug-likeness (QED) is 0.869. The average molecular weight is 276 g/mol. The van der Waals surface area contributed by atoms with Gasteiger partial charge in [-0.25, -0.2) is 0 Å². The second kappa shape index (κ2) is 6.75. The zero-order chi connectivity index (χ0) is 14.5. The number of methoxy groups -OCH3 is 1. The normalized spacial score (nSPS) is 22.6. The molecule has 4 heteroatoms. The molecule has 1 aromatic carbocycles. The van der Waals surface area contributed by atoms with E-state index in [0.29, 0.717) is 12.6 Å². The lowest BCUT2D eigenvalue weighted by Crippen LogP contribution is -2.42. The lowest BCUT2D eigenvalue weighted by molar-refractivity contribution is -0.124. The third-order valence-corrected chi connectivity index (χ3v) is 3.85. The molecule has 0 radical (unpaired) electrons. The van der Waals surface area contributed by atoms with Gasteiger partial charge in [0.05, 0.1) is 18.6 Å². The number of fused-ring (bicyclic) bond motifs is 1. The molecule has 0 aromatic heterocycles. The second-order valence-electron chi connectivity index (χ2n) is 5.49. The van der Waals surface area contributed by atoms with Crippen molar-refractivity contribution in [3.8, 4) is 0 Å². The number of benzene rings is 1. The zero-order valence-corrected chi connectivity index (χ0v) is 12.5. The van der Waals surface area contributed by atoms with Gasteiger partial charge in [-0.3, -0.25) is 4.79 Å². The minimum absolute atomic E-state index is 0.0756. The van der Waals surface area contributed by atoms with E-state index in [-0.39, 0.29) is 17.9 Å². The van der Waals surface area contributed by atoms with Crippen LogP contribution in [-0.2, 0) is 9.53 Å². The number of rotatable bonds is 5. The maximum absolute atomic E-state index is 12.6. The summed E-state index contributed by atoms with van der Waals surface area (Å²) in [5.74, 6) is 0.0306. The summed E-state index contributed by atoms with van der Waals surface area (Å²) in [5, 5.41) is 6.54. The van der Waals surface area contributed by atoms with Crippen molar-refractivity contribution in [3.63, 3.8) is 0 Å². The van der Waals surface area contributed by atoms with Crippen LogP contribution in [0.25, 0.3) is 0 Å². The van der Waals surface area contributed by atoms with Gasteiger partial charge in [-0.15, -0.1) is 0 Å². The Balaban J connectivity index is 2.13. The van der Waals surface area contributed by atoms with E-state index in [1.54, 1.807) is 7.11 Å². The molecule has 110 valence electrons. The van der Waals surface area contributed by atoms with E-state index in [2.05, 4.69) is 24.5 Å². The Morgan fingerprint density at radius 1 is 1.50 bits per heavy atom. The second-order valence-corrected chi connectivity index (χ2v) is 5.49. The Morgan fingerprint density at radius 3 is 2.95 bits per heavy atom. The van der Waals surface area contributed by atoms with Gasteiger partial charge in [0, 0.05) is 18.8 Å². The fourth-order valence-corrected chi connectivity index (χ4v) is 2.75. The molecule has 1 aliphatic rings. The van der Waals surface area contributed by atoms with Crippen molar-refractivity contribution in [2.75, 3.05) is 19.0 Å². The van der Waals surface area contributed by atoms with E-state index in [4.69, 9.17) is 4.74 Å². The molecule has 0 fully saturated rings. The number of amides is 1. The smallest absolute Gasteiger partial charge is 0.227 e. The maximum Gasteiger partial charge on any atom is 0.227 e. The Morgan fingerprint density at radius 2 is 2.25 bits per heavy atom. The van der Waals surface area contributed by atoms with E-state index in [1.165, 1.54) is 0 Å². The van der Waals surface area contributed by atoms with Crippen LogP contribution in [0, 0.1) is 0 Å². The molecule has 1 heterocycles. The molecule has 3 atom stereocenters. The van der Waals surface area contributed by atoms with Crippen molar-refractivity contribution in [1.29, 1.82) is 0 Å². The van der Waals surface area contributed by atoms with E-state index < -0.39 is 0 Å². The highest BCUT2D eigenvalue weighted by atomic mass is 16.5. The molecule has 2 N–H and O–H groups in total. The van der Waals surface area contributed by atoms with Crippen LogP contribution in [0.3, 0.4) is 0 Å². The molecule has 4 nitrogen and oxygen atoms in total. The van der Waals surface area contributed by atoms with Crippen molar-refractivity contribution < 1.29 is 9.53 Å². The first-order valence-corrected chi connectivity index (χ1v) is 7.30. The Hall–Kier alpha value is -1.55. The summed E-state index contributed by atoms with van der Waals surface area (Å²) < 4.78 is 5.15. The number of hydrogen-bond acceptors (Lipinski definition) is 3. The molecule has 20 heavy (non-hydrogen) atoms. The van der Waals surface area contributed by atoms with E-state index in [9.17, 15) is 4.79 Å². The molecule has 2 rings (SSSR count). The van der Waals surface area contributed by atoms with E-state index in [1.807, 2.05) is 24.3 Å². The number of carbonyl (C=O) groups excluding carboxylic acids is 1. The van der Waals surface area contributed by atoms with Crippen LogP contribution in [0.5, 0.6) is 0 Å². The van der Waals surface area contributed by atoms with Gasteiger partial charge in [0.2, 0.25) is 5.91 Å². The molecule has 1 aliphatic heterocycles. The van der Waals surface area contributed by atoms with Crippen LogP contribution >= 0.6 is 0 Å². The van der Waals surface area contributed by atoms with Gasteiger partial charge >= 0.3 is 0 Å². The first-order chi connectivity index (χ1) is 9.65. The molecule has 0 bridgehead atoms. The Bertz CT molecular complexity index is 462. The summed E-state index contributed by atoms with van der Waals surface area (Å²) in [4.78, 5) is 12.6. The molecule has 0 saturated carbocycles. The highest BCUT2D eigenvalue weighted by Gasteiger charge is 2.30. The topological polar surface area (TPSA) is 50.4 Å². The summed E-state index contributed by atoms with van der Waals surface area (Å²) in [5.41, 5.74) is 2.17. The summed E-state index contributed by atoms with van der Waals surface area (Å²) in [6.45, 7) is 4.73. The van der Waals surface area contributed by atoms with Crippen molar-refractivity contribution in [1.82, 2.24) is 5.32 Å². The predicted octanol–water partition coefficient (Wildman–Crippen LogP) is 2.52. The Kier molecular flexibility index (Phi) is 5.01. The minimum Gasteiger partial charge on any atom is -0.383 e. The van der Waals surface area contributed by atoms with Gasteiger partial charge < -0.3 is 15.4 Å². The lowest BCUT2D eigenvalue weighted by atomic mass is 9.86. The molecular weight excluding hydrogens is 252 g/mol. The number of para-hydroxylation sites is 1. The average Bonchev–Trinajstić information content (AvgIpc) is 2.45. The van der Waals surface area contributed by atoms with Gasteiger partial charge in [0.15, 0.2) is 0 Å². The number of anilines is 1. The van der Waals surface area contributed by atoms with E-state index >= 15 is 0 Å². The molecule has 1 aromatic rings. The number of hydrogen-bond donors (Lipinski definition) is 2. The summed E-state index contributed by atoms with van der Waals surface area (Å²) in [6.07, 6.45) is 1.70. The van der Waals surface area contributed by atoms with Crippen molar-refractivity contribution in [2.45, 2.75) is 44.7 Å². The molecule has 0 aliphatic carbocycles. The molecule has 0 saturated heterocycles. The summed E-state index contributed by atoms with van der Waals surface area (Å²) >= 11 is 0. The fourth-order valence-electron chi connectivity index (χ4n) is 2.75. The zero-order valence-electron chi connectivity index (χ0n) is 12.5. The van der Waals surface area contributed by atoms with Gasteiger partial charge in [0.1, 0.15) is 0 Å². The van der Waals surface area contributed by atoms with Gasteiger partial charge in [-0.2, -0.15) is 0 Å². The van der Waals surface area contributed by atoms with Crippen molar-refractivity contribution in [3.05, 3.63) is 29.8 Å². The highest BCUT2D eigenvalue weighted by molar-refractivity contribution is 5.86. The first kappa shape index (κ1) is 14.9. The molecule has 3 unspecified atom stereocenters. The molecular formula is C16H24N2O2. The van der Waals surface area contributed by atoms with Crippen molar-refractivity contribution >= 4 is 11.6 Å². The van der Waals surface area contributed by atoms with Crippen LogP contribution in [-0.4, -0.2) is 31.7 Å². The van der Waals surface area contributed by atoms with Gasteiger partial charge in [-0.1, -0.05) is 25.1 Å². The maximum atomic E-state index is 12.6. The van der Waals surface area contributed by atoms with Crippen LogP contribution in [0.4, 0.5) is 5.69 Å². The third-order valence-electron chi connectivity index (χ3n) is 3.85. The number of carbonyl (C=O) groups is 1. The SMILES string of the molecule is CCC(COC)NC(=O)C1CC(C)Nc2ccccc21. The largest absolute Gasteiger partial charge is 0.383 e. The predicted molar refractivity (Wildman–Crippen MR) is 81.0 cm³/mol. The minimum atomic E-state index is -0.0756. The van der Waals surface area contributed by atoms with Crippen LogP contribution in [0.1, 0.15) is 38.2 Å². The van der Waals surface area contributed by atoms with Crippen LogP contribution in [0.15, 0.2) is 24.3 Å². The monoisotopic (exact) mass is 276 g/mol. The number of ether oxygens (including phenoxy) is 1. The Labute approximate surface area is 120 Å². The van der Waals surface area contributed by atoms with Gasteiger partial charge in [-0.05, 0) is 31.4 Å². The standard InChI is InChI=1S/C16H24N2O2/c1-4-12(10-20-3)18-16(19)14-9-11(2)17-15-8-6-5-7-13(14)15/h5-8,11-12,14,17H,4,9-10H2,1-3H3,(H,18,19). The first-order valence-electron chi connectivity index (χ1n) is 7.30. The van der Waals surface area contributed by atoms with E-state index in [0.717, 1.165) is 24.1 Å².